The molecule has 0 aromatic carbocycles. The molecule has 3 nitrogen and oxygen atoms in total. The second-order valence-corrected chi connectivity index (χ2v) is 2.43. The zero-order valence-corrected chi connectivity index (χ0v) is 8.66. The van der Waals surface area contributed by atoms with Crippen LogP contribution in [0.1, 0.15) is 6.92 Å². The molecule has 1 N–H and O–H groups in total. The average molecular weight is 192 g/mol. The van der Waals surface area contributed by atoms with Crippen molar-refractivity contribution in [2.24, 2.45) is 4.99 Å². The molecule has 14 heavy (non-hydrogen) atoms. The van der Waals surface area contributed by atoms with Gasteiger partial charge in [-0.15, -0.1) is 0 Å². The molecule has 0 aromatic rings. The van der Waals surface area contributed by atoms with Crippen LogP contribution in [0.2, 0.25) is 0 Å². The Bertz CT molecular complexity index is 275. The Labute approximate surface area is 85.2 Å². The van der Waals surface area contributed by atoms with Gasteiger partial charge in [0.2, 0.25) is 5.88 Å². The SMILES string of the molecule is C=C/C=N\C(=C)OC(C)=C/C=C\NC. The summed E-state index contributed by atoms with van der Waals surface area (Å²) in [5, 5.41) is 2.86. The highest BCUT2D eigenvalue weighted by Crippen LogP contribution is 2.04. The van der Waals surface area contributed by atoms with Crippen molar-refractivity contribution in [3.63, 3.8) is 0 Å². The highest BCUT2D eigenvalue weighted by molar-refractivity contribution is 5.70. The van der Waals surface area contributed by atoms with Crippen LogP contribution in [0.15, 0.2) is 54.2 Å². The first kappa shape index (κ1) is 12.2. The van der Waals surface area contributed by atoms with E-state index in [4.69, 9.17) is 4.74 Å². The van der Waals surface area contributed by atoms with Crippen LogP contribution in [-0.4, -0.2) is 13.3 Å². The molecular weight excluding hydrogens is 176 g/mol. The summed E-state index contributed by atoms with van der Waals surface area (Å²) in [4.78, 5) is 3.87. The minimum Gasteiger partial charge on any atom is -0.444 e. The van der Waals surface area contributed by atoms with Gasteiger partial charge in [-0.1, -0.05) is 12.7 Å². The number of hydrogen-bond acceptors (Lipinski definition) is 3. The van der Waals surface area contributed by atoms with Crippen molar-refractivity contribution in [3.05, 3.63) is 49.2 Å². The van der Waals surface area contributed by atoms with Gasteiger partial charge in [-0.2, -0.15) is 0 Å². The molecule has 76 valence electrons. The summed E-state index contributed by atoms with van der Waals surface area (Å²) in [7, 11) is 1.83. The summed E-state index contributed by atoms with van der Waals surface area (Å²) in [5.41, 5.74) is 0. The molecule has 0 rings (SSSR count). The number of allylic oxidation sites excluding steroid dienone is 4. The normalized spacial score (nSPS) is 12.0. The van der Waals surface area contributed by atoms with Crippen LogP contribution < -0.4 is 5.32 Å². The fourth-order valence-corrected chi connectivity index (χ4v) is 0.662. The lowest BCUT2D eigenvalue weighted by Crippen LogP contribution is -1.90. The average Bonchev–Trinajstić information content (AvgIpc) is 2.15. The van der Waals surface area contributed by atoms with Gasteiger partial charge >= 0.3 is 0 Å². The van der Waals surface area contributed by atoms with E-state index in [1.807, 2.05) is 26.1 Å². The van der Waals surface area contributed by atoms with Crippen LogP contribution in [0.4, 0.5) is 0 Å². The highest BCUT2D eigenvalue weighted by atomic mass is 16.5. The van der Waals surface area contributed by atoms with Gasteiger partial charge in [0.05, 0.1) is 0 Å². The molecule has 0 aliphatic rings. The first-order chi connectivity index (χ1) is 6.70. The fourth-order valence-electron chi connectivity index (χ4n) is 0.662. The van der Waals surface area contributed by atoms with Gasteiger partial charge in [0.25, 0.3) is 0 Å². The Hall–Kier alpha value is -1.77. The van der Waals surface area contributed by atoms with Crippen LogP contribution in [-0.2, 0) is 4.74 Å². The van der Waals surface area contributed by atoms with Crippen molar-refractivity contribution in [1.82, 2.24) is 5.32 Å². The van der Waals surface area contributed by atoms with Gasteiger partial charge in [-0.3, -0.25) is 0 Å². The zero-order valence-electron chi connectivity index (χ0n) is 8.66. The van der Waals surface area contributed by atoms with Crippen molar-refractivity contribution in [3.8, 4) is 0 Å². The van der Waals surface area contributed by atoms with E-state index in [0.29, 0.717) is 5.88 Å². The number of ether oxygens (including phenoxy) is 1. The standard InChI is InChI=1S/C11H16N2O/c1-5-8-13-11(3)14-10(2)7-6-9-12-4/h5-9,12H,1,3H2,2,4H3/b9-6-,10-7?,13-8-. The van der Waals surface area contributed by atoms with Crippen molar-refractivity contribution in [2.45, 2.75) is 6.92 Å². The molecule has 0 saturated carbocycles. The predicted molar refractivity (Wildman–Crippen MR) is 60.9 cm³/mol. The molecule has 0 heterocycles. The molecule has 0 atom stereocenters. The Balaban J connectivity index is 4.04. The largest absolute Gasteiger partial charge is 0.444 e. The second-order valence-electron chi connectivity index (χ2n) is 2.43. The lowest BCUT2D eigenvalue weighted by Gasteiger charge is -2.02. The first-order valence-corrected chi connectivity index (χ1v) is 4.23. The third-order valence-corrected chi connectivity index (χ3v) is 1.20. The number of nitrogens with one attached hydrogen (secondary N) is 1. The molecule has 0 bridgehead atoms. The minimum absolute atomic E-state index is 0.344. The summed E-state index contributed by atoms with van der Waals surface area (Å²) >= 11 is 0. The van der Waals surface area contributed by atoms with Crippen LogP contribution in [0.25, 0.3) is 0 Å². The van der Waals surface area contributed by atoms with Crippen LogP contribution in [0, 0.1) is 0 Å². The third kappa shape index (κ3) is 6.91. The van der Waals surface area contributed by atoms with Gasteiger partial charge in [0, 0.05) is 13.3 Å². The molecule has 0 aromatic heterocycles. The smallest absolute Gasteiger partial charge is 0.211 e. The first-order valence-electron chi connectivity index (χ1n) is 4.23. The van der Waals surface area contributed by atoms with E-state index in [2.05, 4.69) is 23.5 Å². The molecule has 0 spiro atoms. The Kier molecular flexibility index (Phi) is 6.86. The molecule has 0 saturated heterocycles. The van der Waals surface area contributed by atoms with Gasteiger partial charge in [0.1, 0.15) is 5.76 Å². The monoisotopic (exact) mass is 192 g/mol. The summed E-state index contributed by atoms with van der Waals surface area (Å²) in [6.07, 6.45) is 8.53. The van der Waals surface area contributed by atoms with Gasteiger partial charge in [0.15, 0.2) is 0 Å². The van der Waals surface area contributed by atoms with E-state index in [0.717, 1.165) is 5.76 Å². The molecule has 0 fully saturated rings. The van der Waals surface area contributed by atoms with Gasteiger partial charge in [-0.05, 0) is 31.9 Å². The minimum atomic E-state index is 0.344. The van der Waals surface area contributed by atoms with Crippen LogP contribution in [0.3, 0.4) is 0 Å². The van der Waals surface area contributed by atoms with Crippen molar-refractivity contribution in [1.29, 1.82) is 0 Å². The van der Waals surface area contributed by atoms with E-state index in [-0.39, 0.29) is 0 Å². The van der Waals surface area contributed by atoms with Gasteiger partial charge < -0.3 is 10.1 Å². The summed E-state index contributed by atoms with van der Waals surface area (Å²) in [6, 6.07) is 0. The quantitative estimate of drug-likeness (QED) is 0.398. The van der Waals surface area contributed by atoms with Gasteiger partial charge in [-0.25, -0.2) is 4.99 Å². The molecular formula is C11H16N2O. The third-order valence-electron chi connectivity index (χ3n) is 1.20. The number of nitrogens with zero attached hydrogens (tertiary/aromatic N) is 1. The Morgan fingerprint density at radius 3 is 2.79 bits per heavy atom. The highest BCUT2D eigenvalue weighted by Gasteiger charge is 1.90. The summed E-state index contributed by atoms with van der Waals surface area (Å²) < 4.78 is 5.24. The maximum atomic E-state index is 5.24. The number of hydrogen-bond donors (Lipinski definition) is 1. The molecule has 0 aliphatic carbocycles. The van der Waals surface area contributed by atoms with Crippen LogP contribution >= 0.6 is 0 Å². The maximum absolute atomic E-state index is 5.24. The second kappa shape index (κ2) is 7.86. The van der Waals surface area contributed by atoms with Crippen molar-refractivity contribution < 1.29 is 4.74 Å². The van der Waals surface area contributed by atoms with E-state index < -0.39 is 0 Å². The maximum Gasteiger partial charge on any atom is 0.211 e. The number of rotatable bonds is 6. The molecule has 3 heteroatoms. The number of aliphatic imine (C=N–C) groups is 1. The summed E-state index contributed by atoms with van der Waals surface area (Å²) in [5.74, 6) is 1.07. The van der Waals surface area contributed by atoms with E-state index >= 15 is 0 Å². The lowest BCUT2D eigenvalue weighted by atomic mass is 10.4. The topological polar surface area (TPSA) is 33.6 Å². The van der Waals surface area contributed by atoms with E-state index in [1.165, 1.54) is 6.21 Å². The Morgan fingerprint density at radius 2 is 2.21 bits per heavy atom. The molecule has 0 radical (unpaired) electrons. The van der Waals surface area contributed by atoms with Crippen molar-refractivity contribution in [2.75, 3.05) is 7.05 Å². The molecule has 0 amide bonds. The van der Waals surface area contributed by atoms with E-state index in [9.17, 15) is 0 Å². The lowest BCUT2D eigenvalue weighted by molar-refractivity contribution is 0.306. The zero-order chi connectivity index (χ0) is 10.8. The fraction of sp³-hybridized carbons (Fsp3) is 0.182. The van der Waals surface area contributed by atoms with Crippen LogP contribution in [0.5, 0.6) is 0 Å². The summed E-state index contributed by atoms with van der Waals surface area (Å²) in [6.45, 7) is 8.93. The molecule has 0 unspecified atom stereocenters. The Morgan fingerprint density at radius 1 is 1.50 bits per heavy atom. The molecule has 0 aliphatic heterocycles. The van der Waals surface area contributed by atoms with E-state index in [1.54, 1.807) is 12.3 Å². The predicted octanol–water partition coefficient (Wildman–Crippen LogP) is 2.37. The van der Waals surface area contributed by atoms with Crippen molar-refractivity contribution >= 4 is 6.21 Å².